The molecule has 0 radical (unpaired) electrons. The highest BCUT2D eigenvalue weighted by atomic mass is 32.1. The van der Waals surface area contributed by atoms with Crippen molar-refractivity contribution in [3.8, 4) is 5.75 Å². The molecule has 0 fully saturated rings. The van der Waals surface area contributed by atoms with Crippen molar-refractivity contribution >= 4 is 40.9 Å². The molecule has 0 saturated carbocycles. The van der Waals surface area contributed by atoms with E-state index in [0.717, 1.165) is 11.1 Å². The van der Waals surface area contributed by atoms with Crippen molar-refractivity contribution in [2.75, 3.05) is 19.5 Å². The van der Waals surface area contributed by atoms with Gasteiger partial charge in [-0.05, 0) is 48.1 Å². The minimum Gasteiger partial charge on any atom is -0.496 e. The van der Waals surface area contributed by atoms with Crippen LogP contribution in [0.3, 0.4) is 0 Å². The van der Waals surface area contributed by atoms with Gasteiger partial charge in [0.25, 0.3) is 5.91 Å². The van der Waals surface area contributed by atoms with E-state index >= 15 is 0 Å². The van der Waals surface area contributed by atoms with Crippen LogP contribution < -0.4 is 15.4 Å². The molecule has 0 saturated heterocycles. The Morgan fingerprint density at radius 1 is 1.00 bits per heavy atom. The summed E-state index contributed by atoms with van der Waals surface area (Å²) in [6, 6.07) is 24.1. The molecule has 0 atom stereocenters. The zero-order chi connectivity index (χ0) is 23.6. The number of carbonyl (C=O) groups is 2. The van der Waals surface area contributed by atoms with Gasteiger partial charge in [-0.3, -0.25) is 14.9 Å². The number of para-hydroxylation sites is 1. The highest BCUT2D eigenvalue weighted by molar-refractivity contribution is 7.80. The summed E-state index contributed by atoms with van der Waals surface area (Å²) in [5, 5.41) is 5.68. The smallest absolute Gasteiger partial charge is 0.253 e. The average Bonchev–Trinajstić information content (AvgIpc) is 2.83. The van der Waals surface area contributed by atoms with Crippen LogP contribution in [0.1, 0.15) is 21.5 Å². The molecule has 3 aromatic rings. The number of ether oxygens (including phenoxy) is 1. The van der Waals surface area contributed by atoms with E-state index in [1.165, 1.54) is 6.08 Å². The monoisotopic (exact) mass is 459 g/mol. The summed E-state index contributed by atoms with van der Waals surface area (Å²) in [6.45, 7) is 0.504. The zero-order valence-electron chi connectivity index (χ0n) is 18.4. The maximum absolute atomic E-state index is 12.8. The summed E-state index contributed by atoms with van der Waals surface area (Å²) in [6.07, 6.45) is 3.03. The van der Waals surface area contributed by atoms with Gasteiger partial charge >= 0.3 is 0 Å². The van der Waals surface area contributed by atoms with Crippen LogP contribution in [0.25, 0.3) is 6.08 Å². The van der Waals surface area contributed by atoms with Crippen molar-refractivity contribution in [1.82, 2.24) is 10.2 Å². The lowest BCUT2D eigenvalue weighted by Gasteiger charge is -2.18. The molecule has 0 heterocycles. The number of thiocarbonyl (C=S) groups is 1. The number of methoxy groups -OCH3 is 1. The molecule has 2 amide bonds. The van der Waals surface area contributed by atoms with Crippen molar-refractivity contribution in [3.63, 3.8) is 0 Å². The molecule has 0 unspecified atom stereocenters. The summed E-state index contributed by atoms with van der Waals surface area (Å²) >= 11 is 5.24. The van der Waals surface area contributed by atoms with Gasteiger partial charge in [-0.15, -0.1) is 0 Å². The first-order valence-electron chi connectivity index (χ1n) is 10.3. The van der Waals surface area contributed by atoms with Gasteiger partial charge in [0.15, 0.2) is 5.11 Å². The maximum atomic E-state index is 12.8. The third-order valence-corrected chi connectivity index (χ3v) is 4.97. The Labute approximate surface area is 198 Å². The molecule has 6 nitrogen and oxygen atoms in total. The predicted molar refractivity (Wildman–Crippen MR) is 135 cm³/mol. The molecule has 168 valence electrons. The summed E-state index contributed by atoms with van der Waals surface area (Å²) < 4.78 is 5.27. The average molecular weight is 460 g/mol. The van der Waals surface area contributed by atoms with E-state index in [4.69, 9.17) is 17.0 Å². The molecule has 0 aliphatic rings. The van der Waals surface area contributed by atoms with Crippen LogP contribution in [-0.2, 0) is 11.3 Å². The highest BCUT2D eigenvalue weighted by Crippen LogP contribution is 2.18. The molecule has 3 rings (SSSR count). The Morgan fingerprint density at radius 2 is 1.73 bits per heavy atom. The second kappa shape index (κ2) is 11.6. The molecule has 3 aromatic carbocycles. The number of anilines is 1. The number of nitrogens with zero attached hydrogens (tertiary/aromatic N) is 1. The van der Waals surface area contributed by atoms with E-state index in [2.05, 4.69) is 10.6 Å². The molecule has 0 aromatic heterocycles. The van der Waals surface area contributed by atoms with E-state index in [-0.39, 0.29) is 16.9 Å². The Kier molecular flexibility index (Phi) is 8.32. The summed E-state index contributed by atoms with van der Waals surface area (Å²) in [7, 11) is 3.33. The van der Waals surface area contributed by atoms with Crippen LogP contribution in [0.5, 0.6) is 5.75 Å². The summed E-state index contributed by atoms with van der Waals surface area (Å²) in [5.41, 5.74) is 2.95. The van der Waals surface area contributed by atoms with Crippen molar-refractivity contribution in [2.45, 2.75) is 6.54 Å². The molecular formula is C26H25N3O3S. The number of benzene rings is 3. The van der Waals surface area contributed by atoms with Crippen molar-refractivity contribution in [1.29, 1.82) is 0 Å². The number of amides is 2. The number of carbonyl (C=O) groups excluding carboxylic acids is 2. The van der Waals surface area contributed by atoms with E-state index in [1.807, 2.05) is 54.6 Å². The van der Waals surface area contributed by atoms with Crippen LogP contribution in [-0.4, -0.2) is 36.0 Å². The first kappa shape index (κ1) is 23.7. The quantitative estimate of drug-likeness (QED) is 0.402. The van der Waals surface area contributed by atoms with E-state index in [1.54, 1.807) is 49.4 Å². The summed E-state index contributed by atoms with van der Waals surface area (Å²) in [4.78, 5) is 26.7. The standard InChI is InChI=1S/C26H25N3O3S/c1-29(18-19-9-4-3-5-10-19)25(31)21-12-8-13-22(17-21)27-26(33)28-24(30)16-15-20-11-6-7-14-23(20)32-2/h3-17H,18H2,1-2H3,(H2,27,28,30,33)/b16-15+. The SMILES string of the molecule is COc1ccccc1/C=C/C(=O)NC(=S)Nc1cccc(C(=O)N(C)Cc2ccccc2)c1. The van der Waals surface area contributed by atoms with Crippen LogP contribution in [0.2, 0.25) is 0 Å². The van der Waals surface area contributed by atoms with Gasteiger partial charge < -0.3 is 15.0 Å². The van der Waals surface area contributed by atoms with Crippen LogP contribution >= 0.6 is 12.2 Å². The molecule has 33 heavy (non-hydrogen) atoms. The minimum absolute atomic E-state index is 0.114. The van der Waals surface area contributed by atoms with E-state index in [0.29, 0.717) is 23.5 Å². The van der Waals surface area contributed by atoms with Gasteiger partial charge in [-0.2, -0.15) is 0 Å². The fourth-order valence-corrected chi connectivity index (χ4v) is 3.38. The second-order valence-corrected chi connectivity index (χ2v) is 7.65. The molecule has 2 N–H and O–H groups in total. The van der Waals surface area contributed by atoms with Gasteiger partial charge in [0.2, 0.25) is 5.91 Å². The fraction of sp³-hybridized carbons (Fsp3) is 0.115. The van der Waals surface area contributed by atoms with Gasteiger partial charge in [-0.25, -0.2) is 0 Å². The lowest BCUT2D eigenvalue weighted by molar-refractivity contribution is -0.115. The zero-order valence-corrected chi connectivity index (χ0v) is 19.3. The van der Waals surface area contributed by atoms with Crippen LogP contribution in [0, 0.1) is 0 Å². The molecule has 0 bridgehead atoms. The summed E-state index contributed by atoms with van der Waals surface area (Å²) in [5.74, 6) is 0.173. The Hall–Kier alpha value is -3.97. The first-order valence-corrected chi connectivity index (χ1v) is 10.7. The molecule has 0 aliphatic heterocycles. The second-order valence-electron chi connectivity index (χ2n) is 7.25. The maximum Gasteiger partial charge on any atom is 0.253 e. The topological polar surface area (TPSA) is 70.7 Å². The number of rotatable bonds is 7. The van der Waals surface area contributed by atoms with Gasteiger partial charge in [0.1, 0.15) is 5.75 Å². The minimum atomic E-state index is -0.381. The largest absolute Gasteiger partial charge is 0.496 e. The Bertz CT molecular complexity index is 1160. The molecule has 0 aliphatic carbocycles. The van der Waals surface area contributed by atoms with E-state index < -0.39 is 0 Å². The lowest BCUT2D eigenvalue weighted by atomic mass is 10.1. The molecular weight excluding hydrogens is 434 g/mol. The van der Waals surface area contributed by atoms with Crippen molar-refractivity contribution < 1.29 is 14.3 Å². The third kappa shape index (κ3) is 7.02. The highest BCUT2D eigenvalue weighted by Gasteiger charge is 2.13. The van der Waals surface area contributed by atoms with Crippen LogP contribution in [0.15, 0.2) is 84.9 Å². The van der Waals surface area contributed by atoms with Gasteiger partial charge in [0.05, 0.1) is 7.11 Å². The Balaban J connectivity index is 1.58. The molecule has 7 heteroatoms. The van der Waals surface area contributed by atoms with Crippen molar-refractivity contribution in [2.24, 2.45) is 0 Å². The predicted octanol–water partition coefficient (Wildman–Crippen LogP) is 4.49. The normalized spacial score (nSPS) is 10.5. The van der Waals surface area contributed by atoms with Crippen molar-refractivity contribution in [3.05, 3.63) is 102 Å². The van der Waals surface area contributed by atoms with Crippen LogP contribution in [0.4, 0.5) is 5.69 Å². The van der Waals surface area contributed by atoms with Gasteiger partial charge in [-0.1, -0.05) is 54.6 Å². The number of hydrogen-bond acceptors (Lipinski definition) is 4. The lowest BCUT2D eigenvalue weighted by Crippen LogP contribution is -2.33. The fourth-order valence-electron chi connectivity index (χ4n) is 3.16. The Morgan fingerprint density at radius 3 is 2.48 bits per heavy atom. The van der Waals surface area contributed by atoms with Gasteiger partial charge in [0, 0.05) is 36.5 Å². The first-order chi connectivity index (χ1) is 16.0. The third-order valence-electron chi connectivity index (χ3n) is 4.77. The number of hydrogen-bond donors (Lipinski definition) is 2. The van der Waals surface area contributed by atoms with E-state index in [9.17, 15) is 9.59 Å². The number of nitrogens with one attached hydrogen (secondary N) is 2. The molecule has 0 spiro atoms.